The molecule has 0 saturated heterocycles. The maximum absolute atomic E-state index is 9.10. The molecule has 3 N–H and O–H groups in total. The first-order valence-electron chi connectivity index (χ1n) is 9.00. The van der Waals surface area contributed by atoms with Crippen LogP contribution in [0, 0.1) is 6.92 Å². The number of nitrogens with zero attached hydrogens (tertiary/aromatic N) is 1. The second-order valence-corrected chi connectivity index (χ2v) is 6.23. The lowest BCUT2D eigenvalue weighted by Gasteiger charge is -2.12. The van der Waals surface area contributed by atoms with Crippen LogP contribution >= 0.6 is 0 Å². The minimum absolute atomic E-state index is 0.574. The molecule has 0 atom stereocenters. The van der Waals surface area contributed by atoms with Gasteiger partial charge in [0.2, 0.25) is 0 Å². The van der Waals surface area contributed by atoms with Crippen molar-refractivity contribution in [3.8, 4) is 5.75 Å². The predicted molar refractivity (Wildman–Crippen MR) is 108 cm³/mol. The molecule has 0 aliphatic carbocycles. The van der Waals surface area contributed by atoms with Crippen LogP contribution in [0.25, 0.3) is 0 Å². The number of carboxylic acids is 2. The number of benzene rings is 1. The number of hydrogen-bond acceptors (Lipinski definition) is 6. The highest BCUT2D eigenvalue weighted by Gasteiger charge is 2.04. The van der Waals surface area contributed by atoms with Crippen molar-refractivity contribution in [2.75, 3.05) is 53.6 Å². The van der Waals surface area contributed by atoms with Gasteiger partial charge in [-0.15, -0.1) is 6.58 Å². The first kappa shape index (κ1) is 25.6. The molecule has 0 radical (unpaired) electrons. The van der Waals surface area contributed by atoms with Gasteiger partial charge in [-0.2, -0.15) is 0 Å². The van der Waals surface area contributed by atoms with Crippen LogP contribution in [-0.4, -0.2) is 80.6 Å². The Morgan fingerprint density at radius 3 is 2.39 bits per heavy atom. The SMILES string of the molecule is C=CCc1cc(C)ccc1OCCOCCNCCN(C)C.O=C(O)C(=O)O. The van der Waals surface area contributed by atoms with Crippen molar-refractivity contribution in [1.29, 1.82) is 0 Å². The molecule has 0 aliphatic rings. The third-order valence-electron chi connectivity index (χ3n) is 3.41. The second-order valence-electron chi connectivity index (χ2n) is 6.23. The van der Waals surface area contributed by atoms with Gasteiger partial charge in [-0.3, -0.25) is 0 Å². The maximum atomic E-state index is 9.10. The summed E-state index contributed by atoms with van der Waals surface area (Å²) in [4.78, 5) is 20.4. The zero-order chi connectivity index (χ0) is 21.4. The molecule has 0 aromatic heterocycles. The van der Waals surface area contributed by atoms with Crippen LogP contribution in [0.3, 0.4) is 0 Å². The summed E-state index contributed by atoms with van der Waals surface area (Å²) >= 11 is 0. The molecule has 8 heteroatoms. The summed E-state index contributed by atoms with van der Waals surface area (Å²) in [5, 5.41) is 18.1. The topological polar surface area (TPSA) is 108 Å². The third kappa shape index (κ3) is 13.7. The van der Waals surface area contributed by atoms with Crippen LogP contribution in [0.4, 0.5) is 0 Å². The van der Waals surface area contributed by atoms with Gasteiger partial charge in [0.15, 0.2) is 0 Å². The molecule has 0 aliphatic heterocycles. The van der Waals surface area contributed by atoms with Crippen LogP contribution in [0.1, 0.15) is 11.1 Å². The standard InChI is InChI=1S/C18H30N2O2.C2H2O4/c1-5-6-17-15-16(2)7-8-18(17)22-14-13-21-12-10-19-9-11-20(3)4;3-1(4)2(5)6/h5,7-8,15,19H,1,6,9-14H2,2-4H3;(H,3,4)(H,5,6). The van der Waals surface area contributed by atoms with Gasteiger partial charge in [-0.25, -0.2) is 9.59 Å². The van der Waals surface area contributed by atoms with E-state index >= 15 is 0 Å². The first-order valence-corrected chi connectivity index (χ1v) is 9.00. The van der Waals surface area contributed by atoms with Gasteiger partial charge in [0.05, 0.1) is 13.2 Å². The number of carboxylic acid groups (broad SMARTS) is 2. The Balaban J connectivity index is 0.00000105. The predicted octanol–water partition coefficient (Wildman–Crippen LogP) is 1.43. The minimum atomic E-state index is -1.82. The molecule has 1 rings (SSSR count). The van der Waals surface area contributed by atoms with E-state index in [0.717, 1.165) is 31.8 Å². The Morgan fingerprint density at radius 1 is 1.14 bits per heavy atom. The van der Waals surface area contributed by atoms with E-state index in [-0.39, 0.29) is 0 Å². The van der Waals surface area contributed by atoms with Crippen LogP contribution < -0.4 is 10.1 Å². The quantitative estimate of drug-likeness (QED) is 0.277. The van der Waals surface area contributed by atoms with Crippen molar-refractivity contribution in [1.82, 2.24) is 10.2 Å². The number of nitrogens with one attached hydrogen (secondary N) is 1. The minimum Gasteiger partial charge on any atom is -0.491 e. The van der Waals surface area contributed by atoms with E-state index in [1.807, 2.05) is 12.1 Å². The number of likely N-dealkylation sites (N-methyl/N-ethyl adjacent to an activating group) is 1. The van der Waals surface area contributed by atoms with Crippen molar-refractivity contribution in [2.24, 2.45) is 0 Å². The smallest absolute Gasteiger partial charge is 0.414 e. The molecule has 1 aromatic carbocycles. The molecule has 0 spiro atoms. The monoisotopic (exact) mass is 396 g/mol. The number of ether oxygens (including phenoxy) is 2. The fourth-order valence-electron chi connectivity index (χ4n) is 2.05. The molecule has 8 nitrogen and oxygen atoms in total. The van der Waals surface area contributed by atoms with Crippen molar-refractivity contribution in [3.05, 3.63) is 42.0 Å². The summed E-state index contributed by atoms with van der Waals surface area (Å²) in [6, 6.07) is 6.24. The average Bonchev–Trinajstić information content (AvgIpc) is 2.62. The first-order chi connectivity index (χ1) is 13.3. The zero-order valence-corrected chi connectivity index (χ0v) is 16.9. The van der Waals surface area contributed by atoms with E-state index in [1.165, 1.54) is 11.1 Å². The van der Waals surface area contributed by atoms with Gasteiger partial charge in [-0.1, -0.05) is 23.8 Å². The van der Waals surface area contributed by atoms with Gasteiger partial charge in [0.1, 0.15) is 12.4 Å². The molecular formula is C20H32N2O6. The van der Waals surface area contributed by atoms with Gasteiger partial charge in [-0.05, 0) is 39.1 Å². The molecule has 0 saturated carbocycles. The Hall–Kier alpha value is -2.42. The average molecular weight is 396 g/mol. The molecule has 0 heterocycles. The van der Waals surface area contributed by atoms with Crippen molar-refractivity contribution in [3.63, 3.8) is 0 Å². The lowest BCUT2D eigenvalue weighted by atomic mass is 10.1. The number of allylic oxidation sites excluding steroid dienone is 1. The molecule has 0 bridgehead atoms. The summed E-state index contributed by atoms with van der Waals surface area (Å²) in [7, 11) is 4.14. The van der Waals surface area contributed by atoms with Crippen LogP contribution in [0.15, 0.2) is 30.9 Å². The van der Waals surface area contributed by atoms with E-state index < -0.39 is 11.9 Å². The normalized spacial score (nSPS) is 10.1. The summed E-state index contributed by atoms with van der Waals surface area (Å²) in [6.45, 7) is 10.7. The highest BCUT2D eigenvalue weighted by atomic mass is 16.5. The largest absolute Gasteiger partial charge is 0.491 e. The maximum Gasteiger partial charge on any atom is 0.414 e. The lowest BCUT2D eigenvalue weighted by Crippen LogP contribution is -2.29. The van der Waals surface area contributed by atoms with Gasteiger partial charge in [0, 0.05) is 19.6 Å². The van der Waals surface area contributed by atoms with Crippen molar-refractivity contribution in [2.45, 2.75) is 13.3 Å². The molecule has 0 fully saturated rings. The van der Waals surface area contributed by atoms with E-state index in [0.29, 0.717) is 19.8 Å². The summed E-state index contributed by atoms with van der Waals surface area (Å²) < 4.78 is 11.4. The Morgan fingerprint density at radius 2 is 1.82 bits per heavy atom. The molecular weight excluding hydrogens is 364 g/mol. The van der Waals surface area contributed by atoms with E-state index in [9.17, 15) is 0 Å². The third-order valence-corrected chi connectivity index (χ3v) is 3.41. The fraction of sp³-hybridized carbons (Fsp3) is 0.500. The molecule has 0 amide bonds. The molecule has 1 aromatic rings. The zero-order valence-electron chi connectivity index (χ0n) is 16.9. The molecule has 0 unspecified atom stereocenters. The van der Waals surface area contributed by atoms with Gasteiger partial charge in [0.25, 0.3) is 0 Å². The summed E-state index contributed by atoms with van der Waals surface area (Å²) in [5.41, 5.74) is 2.42. The van der Waals surface area contributed by atoms with Crippen molar-refractivity contribution >= 4 is 11.9 Å². The fourth-order valence-corrected chi connectivity index (χ4v) is 2.05. The number of aryl methyl sites for hydroxylation is 1. The Kier molecular flexibility index (Phi) is 14.3. The number of hydrogen-bond donors (Lipinski definition) is 3. The molecule has 158 valence electrons. The summed E-state index contributed by atoms with van der Waals surface area (Å²) in [5.74, 6) is -2.72. The highest BCUT2D eigenvalue weighted by molar-refractivity contribution is 6.27. The van der Waals surface area contributed by atoms with E-state index in [2.05, 4.69) is 49.9 Å². The number of rotatable bonds is 12. The lowest BCUT2D eigenvalue weighted by molar-refractivity contribution is -0.159. The Bertz CT molecular complexity index is 592. The highest BCUT2D eigenvalue weighted by Crippen LogP contribution is 2.20. The van der Waals surface area contributed by atoms with Crippen molar-refractivity contribution < 1.29 is 29.3 Å². The van der Waals surface area contributed by atoms with Crippen LogP contribution in [0.5, 0.6) is 5.75 Å². The second kappa shape index (κ2) is 15.6. The van der Waals surface area contributed by atoms with Gasteiger partial charge >= 0.3 is 11.9 Å². The van der Waals surface area contributed by atoms with Crippen LogP contribution in [0.2, 0.25) is 0 Å². The van der Waals surface area contributed by atoms with Gasteiger partial charge < -0.3 is 29.9 Å². The Labute approximate surface area is 166 Å². The van der Waals surface area contributed by atoms with E-state index in [1.54, 1.807) is 0 Å². The summed E-state index contributed by atoms with van der Waals surface area (Å²) in [6.07, 6.45) is 2.73. The van der Waals surface area contributed by atoms with E-state index in [4.69, 9.17) is 29.3 Å². The number of aliphatic carboxylic acids is 2. The van der Waals surface area contributed by atoms with Crippen LogP contribution in [-0.2, 0) is 20.7 Å². The molecule has 28 heavy (non-hydrogen) atoms. The number of carbonyl (C=O) groups is 2.